The second-order valence-corrected chi connectivity index (χ2v) is 23.7. The van der Waals surface area contributed by atoms with Crippen molar-refractivity contribution >= 4 is 17.9 Å². The van der Waals surface area contributed by atoms with Gasteiger partial charge < -0.3 is 14.2 Å². The number of hydrogen-bond donors (Lipinski definition) is 0. The second kappa shape index (κ2) is 70.8. The summed E-state index contributed by atoms with van der Waals surface area (Å²) in [6.07, 6.45) is 96.1. The molecular weight excluding hydrogens is 1020 g/mol. The van der Waals surface area contributed by atoms with Crippen LogP contribution < -0.4 is 0 Å². The summed E-state index contributed by atoms with van der Waals surface area (Å²) >= 11 is 0. The van der Waals surface area contributed by atoms with Crippen molar-refractivity contribution in [2.24, 2.45) is 0 Å². The van der Waals surface area contributed by atoms with Gasteiger partial charge in [0, 0.05) is 19.3 Å². The van der Waals surface area contributed by atoms with Crippen molar-refractivity contribution in [3.05, 3.63) is 97.2 Å². The molecule has 0 fully saturated rings. The lowest BCUT2D eigenvalue weighted by Crippen LogP contribution is -2.30. The van der Waals surface area contributed by atoms with Crippen molar-refractivity contribution in [3.8, 4) is 0 Å². The standard InChI is InChI=1S/C77H134O6/c1-4-7-10-13-16-19-22-25-27-29-31-33-35-37-38-40-41-43-45-47-49-52-55-58-61-64-67-70-76(79)82-73-74(72-81-75(78)69-66-63-60-57-54-51-24-21-18-15-12-9-6-3)83-77(80)71-68-65-62-59-56-53-50-48-46-44-42-39-36-34-32-30-28-26-23-20-17-14-11-8-5-2/h8-9,11-12,17-18,20-21,26,28,32,34,51,54,60,63,74H,4-7,10,13-16,19,22-25,27,29-31,33,35-50,52-53,55-59,61-62,64-73H2,1-3H3/b11-8-,12-9-,20-17-,21-18-,28-26-,34-32-,54-51-,63-60-. The van der Waals surface area contributed by atoms with E-state index in [2.05, 4.69) is 112 Å². The van der Waals surface area contributed by atoms with E-state index in [9.17, 15) is 14.4 Å². The van der Waals surface area contributed by atoms with Gasteiger partial charge in [0.1, 0.15) is 13.2 Å². The highest BCUT2D eigenvalue weighted by atomic mass is 16.6. The monoisotopic (exact) mass is 1160 g/mol. The average molecular weight is 1160 g/mol. The van der Waals surface area contributed by atoms with E-state index >= 15 is 0 Å². The zero-order valence-electron chi connectivity index (χ0n) is 54.9. The normalized spacial score (nSPS) is 12.7. The third-order valence-corrected chi connectivity index (χ3v) is 15.6. The second-order valence-electron chi connectivity index (χ2n) is 23.7. The molecule has 0 aliphatic heterocycles. The molecule has 0 bridgehead atoms. The highest BCUT2D eigenvalue weighted by Crippen LogP contribution is 2.18. The fraction of sp³-hybridized carbons (Fsp3) is 0.753. The van der Waals surface area contributed by atoms with Crippen molar-refractivity contribution in [2.75, 3.05) is 13.2 Å². The Morgan fingerprint density at radius 1 is 0.253 bits per heavy atom. The number of hydrogen-bond acceptors (Lipinski definition) is 6. The minimum absolute atomic E-state index is 0.0970. The summed E-state index contributed by atoms with van der Waals surface area (Å²) in [6, 6.07) is 0. The molecule has 0 heterocycles. The summed E-state index contributed by atoms with van der Waals surface area (Å²) in [6.45, 7) is 6.40. The largest absolute Gasteiger partial charge is 0.462 e. The van der Waals surface area contributed by atoms with Gasteiger partial charge in [0.2, 0.25) is 0 Å². The summed E-state index contributed by atoms with van der Waals surface area (Å²) in [5.74, 6) is -0.968. The van der Waals surface area contributed by atoms with Crippen LogP contribution in [0.15, 0.2) is 97.2 Å². The fourth-order valence-corrected chi connectivity index (χ4v) is 10.3. The summed E-state index contributed by atoms with van der Waals surface area (Å²) in [7, 11) is 0. The SMILES string of the molecule is CC/C=C\C/C=C\C/C=C\C/C=C\CCCCCCCCCCCCCCC(=O)OC(COC(=O)CC/C=C\C/C=C\C/C=C\C/C=C\CC)COC(=O)CCCCCCCCCCCCCCCCCCCCCCCCCCCCC. The van der Waals surface area contributed by atoms with Crippen LogP contribution in [0.1, 0.15) is 355 Å². The van der Waals surface area contributed by atoms with Crippen LogP contribution in [0.4, 0.5) is 0 Å². The zero-order valence-corrected chi connectivity index (χ0v) is 54.9. The fourth-order valence-electron chi connectivity index (χ4n) is 10.3. The van der Waals surface area contributed by atoms with Crippen molar-refractivity contribution in [1.82, 2.24) is 0 Å². The van der Waals surface area contributed by atoms with Crippen molar-refractivity contribution in [2.45, 2.75) is 361 Å². The molecule has 0 aliphatic carbocycles. The first-order valence-corrected chi connectivity index (χ1v) is 35.7. The van der Waals surface area contributed by atoms with Crippen LogP contribution in [0.3, 0.4) is 0 Å². The number of unbranched alkanes of at least 4 members (excludes halogenated alkanes) is 38. The van der Waals surface area contributed by atoms with Crippen molar-refractivity contribution < 1.29 is 28.6 Å². The number of carbonyl (C=O) groups excluding carboxylic acids is 3. The maximum Gasteiger partial charge on any atom is 0.306 e. The van der Waals surface area contributed by atoms with Crippen LogP contribution >= 0.6 is 0 Å². The van der Waals surface area contributed by atoms with E-state index in [1.165, 1.54) is 218 Å². The molecule has 0 rings (SSSR count). The molecule has 0 N–H and O–H groups in total. The Kier molecular flexibility index (Phi) is 67.7. The third kappa shape index (κ3) is 69.0. The highest BCUT2D eigenvalue weighted by molar-refractivity contribution is 5.71. The highest BCUT2D eigenvalue weighted by Gasteiger charge is 2.19. The van der Waals surface area contributed by atoms with E-state index in [1.807, 2.05) is 6.08 Å². The Bertz CT molecular complexity index is 1610. The Balaban J connectivity index is 4.27. The van der Waals surface area contributed by atoms with Crippen LogP contribution in [-0.2, 0) is 28.6 Å². The Hall–Kier alpha value is -3.67. The molecule has 478 valence electrons. The molecule has 6 nitrogen and oxygen atoms in total. The number of esters is 3. The lowest BCUT2D eigenvalue weighted by molar-refractivity contribution is -0.166. The molecule has 0 aromatic heterocycles. The first-order valence-electron chi connectivity index (χ1n) is 35.7. The lowest BCUT2D eigenvalue weighted by Gasteiger charge is -2.18. The summed E-state index contributed by atoms with van der Waals surface area (Å²) < 4.78 is 16.9. The molecule has 83 heavy (non-hydrogen) atoms. The van der Waals surface area contributed by atoms with E-state index in [0.717, 1.165) is 89.9 Å². The van der Waals surface area contributed by atoms with Gasteiger partial charge in [-0.3, -0.25) is 14.4 Å². The van der Waals surface area contributed by atoms with Crippen LogP contribution in [0.25, 0.3) is 0 Å². The number of rotatable bonds is 65. The molecule has 0 aliphatic rings. The maximum absolute atomic E-state index is 13.0. The Morgan fingerprint density at radius 3 is 0.807 bits per heavy atom. The van der Waals surface area contributed by atoms with Gasteiger partial charge in [-0.15, -0.1) is 0 Å². The predicted molar refractivity (Wildman–Crippen MR) is 362 cm³/mol. The first-order chi connectivity index (χ1) is 41.0. The van der Waals surface area contributed by atoms with Crippen LogP contribution in [0, 0.1) is 0 Å². The third-order valence-electron chi connectivity index (χ3n) is 15.6. The topological polar surface area (TPSA) is 78.9 Å². The summed E-state index contributed by atoms with van der Waals surface area (Å²) in [4.78, 5) is 38.4. The van der Waals surface area contributed by atoms with E-state index < -0.39 is 6.10 Å². The quantitative estimate of drug-likeness (QED) is 0.0261. The van der Waals surface area contributed by atoms with Gasteiger partial charge in [-0.05, 0) is 83.5 Å². The molecular formula is C77H134O6. The number of allylic oxidation sites excluding steroid dienone is 16. The van der Waals surface area contributed by atoms with E-state index in [0.29, 0.717) is 19.3 Å². The minimum atomic E-state index is -0.808. The Labute approximate surface area is 515 Å². The average Bonchev–Trinajstić information content (AvgIpc) is 3.49. The molecule has 0 spiro atoms. The zero-order chi connectivity index (χ0) is 59.9. The molecule has 0 aromatic carbocycles. The molecule has 1 unspecified atom stereocenters. The van der Waals surface area contributed by atoms with Gasteiger partial charge in [0.15, 0.2) is 6.10 Å². The molecule has 0 saturated carbocycles. The smallest absolute Gasteiger partial charge is 0.306 e. The lowest BCUT2D eigenvalue weighted by atomic mass is 10.0. The molecule has 0 amide bonds. The van der Waals surface area contributed by atoms with Crippen molar-refractivity contribution in [3.63, 3.8) is 0 Å². The van der Waals surface area contributed by atoms with Gasteiger partial charge in [-0.1, -0.05) is 349 Å². The van der Waals surface area contributed by atoms with E-state index in [4.69, 9.17) is 14.2 Å². The van der Waals surface area contributed by atoms with E-state index in [-0.39, 0.29) is 37.5 Å². The Morgan fingerprint density at radius 2 is 0.494 bits per heavy atom. The molecule has 0 radical (unpaired) electrons. The maximum atomic E-state index is 13.0. The van der Waals surface area contributed by atoms with E-state index in [1.54, 1.807) is 0 Å². The van der Waals surface area contributed by atoms with Crippen LogP contribution in [0.2, 0.25) is 0 Å². The summed E-state index contributed by atoms with van der Waals surface area (Å²) in [5.41, 5.74) is 0. The first kappa shape index (κ1) is 79.3. The van der Waals surface area contributed by atoms with Gasteiger partial charge in [-0.25, -0.2) is 0 Å². The van der Waals surface area contributed by atoms with Gasteiger partial charge in [0.25, 0.3) is 0 Å². The number of ether oxygens (including phenoxy) is 3. The summed E-state index contributed by atoms with van der Waals surface area (Å²) in [5, 5.41) is 0. The predicted octanol–water partition coefficient (Wildman–Crippen LogP) is 24.8. The molecule has 0 aromatic rings. The van der Waals surface area contributed by atoms with Gasteiger partial charge in [-0.2, -0.15) is 0 Å². The van der Waals surface area contributed by atoms with Gasteiger partial charge >= 0.3 is 17.9 Å². The molecule has 6 heteroatoms. The van der Waals surface area contributed by atoms with Gasteiger partial charge in [0.05, 0.1) is 0 Å². The molecule has 0 saturated heterocycles. The number of carbonyl (C=O) groups is 3. The van der Waals surface area contributed by atoms with Crippen molar-refractivity contribution in [1.29, 1.82) is 0 Å². The van der Waals surface area contributed by atoms with Crippen LogP contribution in [0.5, 0.6) is 0 Å². The van der Waals surface area contributed by atoms with Crippen LogP contribution in [-0.4, -0.2) is 37.2 Å². The minimum Gasteiger partial charge on any atom is -0.462 e. The molecule has 1 atom stereocenters.